The van der Waals surface area contributed by atoms with E-state index in [0.717, 1.165) is 0 Å². The van der Waals surface area contributed by atoms with Crippen molar-refractivity contribution in [3.05, 3.63) is 6.92 Å². The zero-order valence-corrected chi connectivity index (χ0v) is 3.59. The van der Waals surface area contributed by atoms with Crippen molar-refractivity contribution in [1.29, 1.82) is 0 Å². The first-order valence-electron chi connectivity index (χ1n) is 1.61. The molecule has 0 saturated carbocycles. The number of carbonyl (C=O) groups is 1. The molecule has 0 atom stereocenters. The molecule has 0 aromatic rings. The highest BCUT2D eigenvalue weighted by atomic mass is 16.5. The maximum atomic E-state index is 9.71. The summed E-state index contributed by atoms with van der Waals surface area (Å²) in [6.07, 6.45) is -1.79. The summed E-state index contributed by atoms with van der Waals surface area (Å²) in [5, 5.41) is 17.5. The summed E-state index contributed by atoms with van der Waals surface area (Å²) in [4.78, 5) is 9.71. The van der Waals surface area contributed by atoms with Gasteiger partial charge >= 0.3 is 0 Å². The van der Waals surface area contributed by atoms with Crippen molar-refractivity contribution in [2.24, 2.45) is 0 Å². The van der Waals surface area contributed by atoms with E-state index < -0.39 is 12.3 Å². The molecule has 41 valence electrons. The molecule has 0 aliphatic carbocycles. The maximum absolute atomic E-state index is 9.71. The van der Waals surface area contributed by atoms with Gasteiger partial charge in [-0.2, -0.15) is 0 Å². The molecule has 0 aromatic carbocycles. The Balaban J connectivity index is 3.13. The molecule has 0 saturated heterocycles. The van der Waals surface area contributed by atoms with Crippen LogP contribution in [0.1, 0.15) is 0 Å². The second-order valence-corrected chi connectivity index (χ2v) is 0.941. The lowest BCUT2D eigenvalue weighted by atomic mass is 10.7. The zero-order valence-electron chi connectivity index (χ0n) is 3.59. The Morgan fingerprint density at radius 1 is 1.71 bits per heavy atom. The van der Waals surface area contributed by atoms with Gasteiger partial charge in [0.15, 0.2) is 0 Å². The van der Waals surface area contributed by atoms with Gasteiger partial charge in [-0.3, -0.25) is 4.79 Å². The molecule has 3 N–H and O–H groups in total. The zero-order chi connectivity index (χ0) is 5.86. The average Bonchev–Trinajstić information content (AvgIpc) is 1.27. The van der Waals surface area contributed by atoms with E-state index >= 15 is 0 Å². The van der Waals surface area contributed by atoms with E-state index in [2.05, 4.69) is 6.92 Å². The molecule has 0 aromatic heterocycles. The van der Waals surface area contributed by atoms with Crippen LogP contribution >= 0.6 is 0 Å². The third-order valence-corrected chi connectivity index (χ3v) is 0.290. The maximum Gasteiger partial charge on any atom is 0.235 e. The van der Waals surface area contributed by atoms with Crippen molar-refractivity contribution < 1.29 is 15.0 Å². The van der Waals surface area contributed by atoms with E-state index in [1.165, 1.54) is 0 Å². The van der Waals surface area contributed by atoms with Crippen LogP contribution < -0.4 is 5.32 Å². The standard InChI is InChI=1S/C3H6NO3/c1-2(5)4-3(6)7/h3,6-7H,1H2,(H,4,5). The third kappa shape index (κ3) is 5.39. The summed E-state index contributed by atoms with van der Waals surface area (Å²) in [6, 6.07) is 0. The third-order valence-electron chi connectivity index (χ3n) is 0.290. The smallest absolute Gasteiger partial charge is 0.235 e. The van der Waals surface area contributed by atoms with Crippen molar-refractivity contribution >= 4 is 5.91 Å². The van der Waals surface area contributed by atoms with Crippen LogP contribution in [0.25, 0.3) is 0 Å². The van der Waals surface area contributed by atoms with Gasteiger partial charge in [-0.25, -0.2) is 0 Å². The first-order chi connectivity index (χ1) is 3.13. The fraction of sp³-hybridized carbons (Fsp3) is 0.333. The molecule has 0 aliphatic heterocycles. The predicted octanol–water partition coefficient (Wildman–Crippen LogP) is -1.80. The number of aliphatic hydroxyl groups is 2. The van der Waals surface area contributed by atoms with E-state index in [1.54, 1.807) is 5.32 Å². The monoisotopic (exact) mass is 104 g/mol. The van der Waals surface area contributed by atoms with Crippen molar-refractivity contribution in [3.63, 3.8) is 0 Å². The molecule has 4 nitrogen and oxygen atoms in total. The number of rotatable bonds is 1. The van der Waals surface area contributed by atoms with Crippen LogP contribution in [0.4, 0.5) is 0 Å². The van der Waals surface area contributed by atoms with Gasteiger partial charge in [0.05, 0.1) is 0 Å². The van der Waals surface area contributed by atoms with Crippen molar-refractivity contribution in [2.75, 3.05) is 0 Å². The molecule has 4 heteroatoms. The molecule has 0 aliphatic rings. The lowest BCUT2D eigenvalue weighted by Crippen LogP contribution is -2.32. The van der Waals surface area contributed by atoms with Gasteiger partial charge in [0.25, 0.3) is 0 Å². The molecular formula is C3H6NO3. The molecule has 0 heterocycles. The van der Waals surface area contributed by atoms with E-state index in [1.807, 2.05) is 0 Å². The molecule has 0 spiro atoms. The molecule has 0 bridgehead atoms. The molecule has 0 fully saturated rings. The van der Waals surface area contributed by atoms with Crippen molar-refractivity contribution in [2.45, 2.75) is 6.41 Å². The molecule has 1 radical (unpaired) electrons. The summed E-state index contributed by atoms with van der Waals surface area (Å²) in [5.41, 5.74) is 0. The highest BCUT2D eigenvalue weighted by Gasteiger charge is 1.94. The van der Waals surface area contributed by atoms with E-state index in [9.17, 15) is 4.79 Å². The minimum absolute atomic E-state index is 0.713. The van der Waals surface area contributed by atoms with Crippen LogP contribution in [-0.2, 0) is 4.79 Å². The fourth-order valence-electron chi connectivity index (χ4n) is 0.144. The summed E-state index contributed by atoms with van der Waals surface area (Å²) in [7, 11) is 0. The Kier molecular flexibility index (Phi) is 2.32. The minimum atomic E-state index is -1.79. The van der Waals surface area contributed by atoms with Crippen molar-refractivity contribution in [1.82, 2.24) is 5.32 Å². The topological polar surface area (TPSA) is 69.6 Å². The quantitative estimate of drug-likeness (QED) is 0.344. The van der Waals surface area contributed by atoms with Crippen LogP contribution in [0.5, 0.6) is 0 Å². The Hall–Kier alpha value is -0.610. The first kappa shape index (κ1) is 6.39. The summed E-state index contributed by atoms with van der Waals surface area (Å²) >= 11 is 0. The Morgan fingerprint density at radius 2 is 2.14 bits per heavy atom. The molecular weight excluding hydrogens is 98.0 g/mol. The number of nitrogens with one attached hydrogen (secondary N) is 1. The van der Waals surface area contributed by atoms with Crippen LogP contribution in [0.15, 0.2) is 0 Å². The van der Waals surface area contributed by atoms with Crippen LogP contribution in [0.3, 0.4) is 0 Å². The van der Waals surface area contributed by atoms with Crippen molar-refractivity contribution in [3.8, 4) is 0 Å². The summed E-state index contributed by atoms with van der Waals surface area (Å²) < 4.78 is 0. The van der Waals surface area contributed by atoms with Gasteiger partial charge in [-0.05, 0) is 0 Å². The number of aliphatic hydroxyl groups excluding tert-OH is 1. The van der Waals surface area contributed by atoms with Crippen LogP contribution in [0.2, 0.25) is 0 Å². The normalized spacial score (nSPS) is 9.14. The van der Waals surface area contributed by atoms with Gasteiger partial charge < -0.3 is 15.5 Å². The SMILES string of the molecule is [CH2]C(=O)NC(O)O. The highest BCUT2D eigenvalue weighted by Crippen LogP contribution is 1.62. The predicted molar refractivity (Wildman–Crippen MR) is 21.7 cm³/mol. The van der Waals surface area contributed by atoms with E-state index in [0.29, 0.717) is 0 Å². The Morgan fingerprint density at radius 3 is 2.14 bits per heavy atom. The largest absolute Gasteiger partial charge is 0.351 e. The lowest BCUT2D eigenvalue weighted by molar-refractivity contribution is -0.129. The molecule has 1 amide bonds. The lowest BCUT2D eigenvalue weighted by Gasteiger charge is -1.99. The number of hydrogen-bond acceptors (Lipinski definition) is 3. The Bertz CT molecular complexity index is 70.6. The Labute approximate surface area is 40.8 Å². The highest BCUT2D eigenvalue weighted by molar-refractivity contribution is 5.79. The van der Waals surface area contributed by atoms with E-state index in [-0.39, 0.29) is 0 Å². The summed E-state index contributed by atoms with van der Waals surface area (Å²) in [6.45, 7) is 2.81. The van der Waals surface area contributed by atoms with Gasteiger partial charge in [-0.15, -0.1) is 0 Å². The fourth-order valence-corrected chi connectivity index (χ4v) is 0.144. The van der Waals surface area contributed by atoms with Gasteiger partial charge in [0.2, 0.25) is 12.3 Å². The van der Waals surface area contributed by atoms with Gasteiger partial charge in [0.1, 0.15) is 0 Å². The average molecular weight is 104 g/mol. The minimum Gasteiger partial charge on any atom is -0.351 e. The van der Waals surface area contributed by atoms with Crippen LogP contribution in [0, 0.1) is 6.92 Å². The summed E-state index contributed by atoms with van der Waals surface area (Å²) in [5.74, 6) is -0.713. The molecule has 0 unspecified atom stereocenters. The molecule has 0 rings (SSSR count). The van der Waals surface area contributed by atoms with Gasteiger partial charge in [-0.1, -0.05) is 0 Å². The molecule has 7 heavy (non-hydrogen) atoms. The second-order valence-electron chi connectivity index (χ2n) is 0.941. The van der Waals surface area contributed by atoms with E-state index in [4.69, 9.17) is 10.2 Å². The van der Waals surface area contributed by atoms with Gasteiger partial charge in [0, 0.05) is 6.92 Å². The first-order valence-corrected chi connectivity index (χ1v) is 1.61. The van der Waals surface area contributed by atoms with Crippen LogP contribution in [-0.4, -0.2) is 22.5 Å². The number of amides is 1. The second kappa shape index (κ2) is 2.54. The number of hydrogen-bond donors (Lipinski definition) is 3. The number of carbonyl (C=O) groups excluding carboxylic acids is 1.